The van der Waals surface area contributed by atoms with E-state index in [2.05, 4.69) is 0 Å². The van der Waals surface area contributed by atoms with Crippen LogP contribution >= 0.6 is 7.75 Å². The van der Waals surface area contributed by atoms with Gasteiger partial charge in [0.05, 0.1) is 0 Å². The van der Waals surface area contributed by atoms with E-state index < -0.39 is 19.8 Å². The van der Waals surface area contributed by atoms with Gasteiger partial charge in [-0.1, -0.05) is 30.3 Å². The number of aliphatic carboxylic acids is 1. The van der Waals surface area contributed by atoms with Crippen molar-refractivity contribution < 1.29 is 24.3 Å². The summed E-state index contributed by atoms with van der Waals surface area (Å²) in [5.41, 5.74) is 0.709. The van der Waals surface area contributed by atoms with Crippen molar-refractivity contribution in [1.82, 2.24) is 4.67 Å². The number of carboxylic acids is 1. The first-order chi connectivity index (χ1) is 7.82. The van der Waals surface area contributed by atoms with Crippen molar-refractivity contribution in [3.8, 4) is 0 Å². The number of hydrogen-bond donors (Lipinski definition) is 3. The van der Waals surface area contributed by atoms with Gasteiger partial charge in [-0.25, -0.2) is 4.57 Å². The molecule has 0 bridgehead atoms. The standard InChI is InChI=1S/C10H14NO5P/c1-11(17(14,15)16)9(10(12)13)7-8-5-3-2-4-6-8/h2-6,9H,7H2,1H3,(H,12,13)(H2,14,15,16)/t9-/m0/s1. The second-order valence-corrected chi connectivity index (χ2v) is 5.29. The minimum Gasteiger partial charge on any atom is -0.480 e. The van der Waals surface area contributed by atoms with Crippen LogP contribution in [0, 0.1) is 0 Å². The lowest BCUT2D eigenvalue weighted by atomic mass is 10.1. The lowest BCUT2D eigenvalue weighted by Gasteiger charge is -2.24. The highest BCUT2D eigenvalue weighted by Crippen LogP contribution is 2.40. The Labute approximate surface area is 98.7 Å². The molecular formula is C10H14NO5P. The molecule has 0 unspecified atom stereocenters. The van der Waals surface area contributed by atoms with Crippen LogP contribution in [0.3, 0.4) is 0 Å². The molecule has 0 spiro atoms. The van der Waals surface area contributed by atoms with Gasteiger partial charge in [0.1, 0.15) is 6.04 Å². The molecule has 0 aliphatic rings. The topological polar surface area (TPSA) is 98.1 Å². The second-order valence-electron chi connectivity index (χ2n) is 3.63. The van der Waals surface area contributed by atoms with Crippen LogP contribution in [0.15, 0.2) is 30.3 Å². The van der Waals surface area contributed by atoms with Gasteiger partial charge in [0.15, 0.2) is 0 Å². The van der Waals surface area contributed by atoms with Gasteiger partial charge in [-0.2, -0.15) is 4.67 Å². The number of rotatable bonds is 5. The smallest absolute Gasteiger partial charge is 0.403 e. The van der Waals surface area contributed by atoms with Gasteiger partial charge < -0.3 is 14.9 Å². The third kappa shape index (κ3) is 3.94. The summed E-state index contributed by atoms with van der Waals surface area (Å²) in [6.45, 7) is 0. The van der Waals surface area contributed by atoms with Gasteiger partial charge >= 0.3 is 13.7 Å². The predicted octanol–water partition coefficient (Wildman–Crippen LogP) is 0.707. The Balaban J connectivity index is 2.89. The van der Waals surface area contributed by atoms with Crippen LogP contribution in [0.4, 0.5) is 0 Å². The maximum atomic E-state index is 11.0. The van der Waals surface area contributed by atoms with E-state index >= 15 is 0 Å². The van der Waals surface area contributed by atoms with E-state index in [1.165, 1.54) is 0 Å². The Morgan fingerprint density at radius 2 is 1.88 bits per heavy atom. The first-order valence-corrected chi connectivity index (χ1v) is 6.44. The van der Waals surface area contributed by atoms with Crippen LogP contribution in [0.25, 0.3) is 0 Å². The maximum absolute atomic E-state index is 11.0. The van der Waals surface area contributed by atoms with Crippen LogP contribution in [0.1, 0.15) is 5.56 Å². The van der Waals surface area contributed by atoms with Crippen molar-refractivity contribution in [1.29, 1.82) is 0 Å². The minimum absolute atomic E-state index is 0.0395. The fourth-order valence-electron chi connectivity index (χ4n) is 1.40. The van der Waals surface area contributed by atoms with Gasteiger partial charge in [0.25, 0.3) is 0 Å². The van der Waals surface area contributed by atoms with Crippen molar-refractivity contribution in [2.75, 3.05) is 7.05 Å². The van der Waals surface area contributed by atoms with E-state index in [9.17, 15) is 9.36 Å². The average Bonchev–Trinajstić information content (AvgIpc) is 2.24. The van der Waals surface area contributed by atoms with E-state index in [1.807, 2.05) is 0 Å². The SMILES string of the molecule is CN([C@@H](Cc1ccccc1)C(=O)O)P(=O)(O)O. The number of likely N-dealkylation sites (N-methyl/N-ethyl adjacent to an activating group) is 1. The van der Waals surface area contributed by atoms with Gasteiger partial charge in [-0.05, 0) is 19.0 Å². The molecule has 1 rings (SSSR count). The number of benzene rings is 1. The molecule has 0 aliphatic heterocycles. The van der Waals surface area contributed by atoms with Crippen LogP contribution in [-0.4, -0.2) is 38.6 Å². The normalized spacial score (nSPS) is 13.6. The fraction of sp³-hybridized carbons (Fsp3) is 0.300. The molecule has 1 aromatic carbocycles. The maximum Gasteiger partial charge on any atom is 0.403 e. The van der Waals surface area contributed by atoms with Crippen LogP contribution < -0.4 is 0 Å². The predicted molar refractivity (Wildman–Crippen MR) is 61.4 cm³/mol. The molecule has 94 valence electrons. The summed E-state index contributed by atoms with van der Waals surface area (Å²) in [6.07, 6.45) is 0.0395. The lowest BCUT2D eigenvalue weighted by Crippen LogP contribution is -2.38. The summed E-state index contributed by atoms with van der Waals surface area (Å²) in [6, 6.07) is 7.44. The third-order valence-corrected chi connectivity index (χ3v) is 3.52. The molecule has 0 saturated carbocycles. The van der Waals surface area contributed by atoms with Gasteiger partial charge in [0, 0.05) is 0 Å². The Kier molecular flexibility index (Phi) is 4.42. The zero-order valence-electron chi connectivity index (χ0n) is 9.22. The first kappa shape index (κ1) is 13.9. The van der Waals surface area contributed by atoms with E-state index in [1.54, 1.807) is 30.3 Å². The molecule has 17 heavy (non-hydrogen) atoms. The number of carboxylic acid groups (broad SMARTS) is 1. The molecule has 3 N–H and O–H groups in total. The van der Waals surface area contributed by atoms with Crippen molar-refractivity contribution in [3.63, 3.8) is 0 Å². The summed E-state index contributed by atoms with van der Waals surface area (Å²) in [5.74, 6) is -1.26. The van der Waals surface area contributed by atoms with E-state index in [-0.39, 0.29) is 6.42 Å². The molecule has 0 heterocycles. The molecule has 1 aromatic rings. The van der Waals surface area contributed by atoms with Gasteiger partial charge in [-0.15, -0.1) is 0 Å². The first-order valence-electron chi connectivity index (χ1n) is 4.88. The lowest BCUT2D eigenvalue weighted by molar-refractivity contribution is -0.141. The summed E-state index contributed by atoms with van der Waals surface area (Å²) in [7, 11) is -3.45. The highest BCUT2D eigenvalue weighted by Gasteiger charge is 2.33. The monoisotopic (exact) mass is 259 g/mol. The van der Waals surface area contributed by atoms with Crippen LogP contribution in [0.5, 0.6) is 0 Å². The van der Waals surface area contributed by atoms with E-state index in [4.69, 9.17) is 14.9 Å². The van der Waals surface area contributed by atoms with E-state index in [0.29, 0.717) is 10.2 Å². The van der Waals surface area contributed by atoms with Crippen LogP contribution in [0.2, 0.25) is 0 Å². The van der Waals surface area contributed by atoms with Crippen molar-refractivity contribution in [2.24, 2.45) is 0 Å². The zero-order chi connectivity index (χ0) is 13.1. The average molecular weight is 259 g/mol. The van der Waals surface area contributed by atoms with Crippen molar-refractivity contribution in [2.45, 2.75) is 12.5 Å². The summed E-state index contributed by atoms with van der Waals surface area (Å²) in [4.78, 5) is 28.9. The Hall–Kier alpha value is -1.20. The molecule has 0 amide bonds. The van der Waals surface area contributed by atoms with Crippen molar-refractivity contribution >= 4 is 13.7 Å². The van der Waals surface area contributed by atoms with Gasteiger partial charge in [-0.3, -0.25) is 4.79 Å². The Morgan fingerprint density at radius 1 is 1.35 bits per heavy atom. The Morgan fingerprint density at radius 3 is 2.29 bits per heavy atom. The highest BCUT2D eigenvalue weighted by molar-refractivity contribution is 7.49. The fourth-order valence-corrected chi connectivity index (χ4v) is 1.94. The molecule has 1 atom stereocenters. The second kappa shape index (κ2) is 5.42. The summed E-state index contributed by atoms with van der Waals surface area (Å²) < 4.78 is 11.6. The largest absolute Gasteiger partial charge is 0.480 e. The zero-order valence-corrected chi connectivity index (χ0v) is 10.1. The van der Waals surface area contributed by atoms with Crippen LogP contribution in [-0.2, 0) is 15.8 Å². The highest BCUT2D eigenvalue weighted by atomic mass is 31.2. The molecule has 6 nitrogen and oxygen atoms in total. The molecule has 0 aliphatic carbocycles. The number of hydrogen-bond acceptors (Lipinski definition) is 2. The van der Waals surface area contributed by atoms with E-state index in [0.717, 1.165) is 7.05 Å². The molecule has 0 aromatic heterocycles. The molecule has 0 radical (unpaired) electrons. The quantitative estimate of drug-likeness (QED) is 0.673. The van der Waals surface area contributed by atoms with Crippen molar-refractivity contribution in [3.05, 3.63) is 35.9 Å². The molecular weight excluding hydrogens is 245 g/mol. The van der Waals surface area contributed by atoms with Gasteiger partial charge in [0.2, 0.25) is 0 Å². The minimum atomic E-state index is -4.55. The number of carbonyl (C=O) groups is 1. The summed E-state index contributed by atoms with van der Waals surface area (Å²) in [5, 5.41) is 8.98. The molecule has 0 saturated heterocycles. The number of nitrogens with zero attached hydrogens (tertiary/aromatic N) is 1. The molecule has 7 heteroatoms. The summed E-state index contributed by atoms with van der Waals surface area (Å²) >= 11 is 0. The Bertz CT molecular complexity index is 430. The third-order valence-electron chi connectivity index (χ3n) is 2.42. The molecule has 0 fully saturated rings.